The Hall–Kier alpha value is -0.870. The number of hydrogen-bond acceptors (Lipinski definition) is 3. The van der Waals surface area contributed by atoms with Crippen molar-refractivity contribution < 1.29 is 9.53 Å². The lowest BCUT2D eigenvalue weighted by Gasteiger charge is -2.18. The van der Waals surface area contributed by atoms with Gasteiger partial charge >= 0.3 is 0 Å². The number of likely N-dealkylation sites (tertiary alicyclic amines) is 1. The summed E-state index contributed by atoms with van der Waals surface area (Å²) in [5, 5.41) is 2.05. The minimum absolute atomic E-state index is 0.219. The Morgan fingerprint density at radius 3 is 2.56 bits per heavy atom. The summed E-state index contributed by atoms with van der Waals surface area (Å²) in [6.45, 7) is 3.87. The first-order chi connectivity index (χ1) is 8.67. The standard InChI is InChI=1S/C14H19NO2S/c1-9-3-13(18-8-9)14(16)15-6-10-4-12(17-2)5-11(10)7-15/h3,8,10-12H,4-7H2,1-2H3/t10-,11+,12?. The summed E-state index contributed by atoms with van der Waals surface area (Å²) >= 11 is 1.56. The van der Waals surface area contributed by atoms with E-state index < -0.39 is 0 Å². The van der Waals surface area contributed by atoms with E-state index >= 15 is 0 Å². The molecule has 1 saturated carbocycles. The monoisotopic (exact) mass is 265 g/mol. The molecular weight excluding hydrogens is 246 g/mol. The third kappa shape index (κ3) is 2.08. The van der Waals surface area contributed by atoms with E-state index in [4.69, 9.17) is 4.74 Å². The maximum atomic E-state index is 12.3. The molecule has 18 heavy (non-hydrogen) atoms. The SMILES string of the molecule is COC1C[C@@H]2CN(C(=O)c3cc(C)cs3)C[C@@H]2C1. The molecule has 1 aromatic heterocycles. The lowest BCUT2D eigenvalue weighted by atomic mass is 10.0. The molecule has 4 heteroatoms. The highest BCUT2D eigenvalue weighted by molar-refractivity contribution is 7.12. The molecule has 1 saturated heterocycles. The molecule has 1 amide bonds. The van der Waals surface area contributed by atoms with Crippen LogP contribution in [-0.2, 0) is 4.74 Å². The van der Waals surface area contributed by atoms with Crippen molar-refractivity contribution in [2.75, 3.05) is 20.2 Å². The van der Waals surface area contributed by atoms with Crippen molar-refractivity contribution in [3.05, 3.63) is 21.9 Å². The van der Waals surface area contributed by atoms with Gasteiger partial charge in [0.25, 0.3) is 5.91 Å². The summed E-state index contributed by atoms with van der Waals surface area (Å²) in [6, 6.07) is 2.00. The van der Waals surface area contributed by atoms with Crippen LogP contribution in [0.15, 0.2) is 11.4 Å². The van der Waals surface area contributed by atoms with E-state index in [-0.39, 0.29) is 5.91 Å². The van der Waals surface area contributed by atoms with Gasteiger partial charge in [0, 0.05) is 20.2 Å². The van der Waals surface area contributed by atoms with Crippen molar-refractivity contribution >= 4 is 17.2 Å². The molecule has 2 heterocycles. The molecule has 2 aliphatic rings. The maximum absolute atomic E-state index is 12.3. The molecule has 1 aliphatic carbocycles. The molecule has 3 rings (SSSR count). The fourth-order valence-electron chi connectivity index (χ4n) is 3.30. The first-order valence-corrected chi connectivity index (χ1v) is 7.42. The van der Waals surface area contributed by atoms with Crippen molar-refractivity contribution in [3.63, 3.8) is 0 Å². The Kier molecular flexibility index (Phi) is 3.16. The van der Waals surface area contributed by atoms with Gasteiger partial charge in [0.15, 0.2) is 0 Å². The number of amides is 1. The molecule has 98 valence electrons. The highest BCUT2D eigenvalue weighted by Gasteiger charge is 2.42. The number of rotatable bonds is 2. The molecule has 1 aliphatic heterocycles. The van der Waals surface area contributed by atoms with Gasteiger partial charge < -0.3 is 9.64 Å². The van der Waals surface area contributed by atoms with Gasteiger partial charge in [-0.2, -0.15) is 0 Å². The number of thiophene rings is 1. The van der Waals surface area contributed by atoms with Gasteiger partial charge in [-0.15, -0.1) is 11.3 Å². The lowest BCUT2D eigenvalue weighted by molar-refractivity contribution is 0.0735. The Balaban J connectivity index is 1.66. The molecule has 0 aromatic carbocycles. The van der Waals surface area contributed by atoms with Crippen molar-refractivity contribution in [2.45, 2.75) is 25.9 Å². The van der Waals surface area contributed by atoms with Crippen LogP contribution in [0.2, 0.25) is 0 Å². The second-order valence-electron chi connectivity index (χ2n) is 5.55. The van der Waals surface area contributed by atoms with Crippen LogP contribution in [0.3, 0.4) is 0 Å². The number of aryl methyl sites for hydroxylation is 1. The second-order valence-corrected chi connectivity index (χ2v) is 6.46. The molecular formula is C14H19NO2S. The molecule has 2 fully saturated rings. The van der Waals surface area contributed by atoms with Crippen LogP contribution in [0.1, 0.15) is 28.1 Å². The Bertz CT molecular complexity index is 442. The molecule has 0 bridgehead atoms. The third-order valence-electron chi connectivity index (χ3n) is 4.27. The fraction of sp³-hybridized carbons (Fsp3) is 0.643. The predicted octanol–water partition coefficient (Wildman–Crippen LogP) is 2.55. The van der Waals surface area contributed by atoms with Crippen molar-refractivity contribution in [2.24, 2.45) is 11.8 Å². The molecule has 0 spiro atoms. The summed E-state index contributed by atoms with van der Waals surface area (Å²) < 4.78 is 5.43. The van der Waals surface area contributed by atoms with Crippen LogP contribution in [0.4, 0.5) is 0 Å². The van der Waals surface area contributed by atoms with Gasteiger partial charge in [0.05, 0.1) is 11.0 Å². The minimum Gasteiger partial charge on any atom is -0.381 e. The Morgan fingerprint density at radius 2 is 2.06 bits per heavy atom. The van der Waals surface area contributed by atoms with Gasteiger partial charge in [-0.3, -0.25) is 4.79 Å². The lowest BCUT2D eigenvalue weighted by Crippen LogP contribution is -2.29. The zero-order chi connectivity index (χ0) is 12.7. The molecule has 3 nitrogen and oxygen atoms in total. The predicted molar refractivity (Wildman–Crippen MR) is 72.0 cm³/mol. The summed E-state index contributed by atoms with van der Waals surface area (Å²) in [7, 11) is 1.79. The van der Waals surface area contributed by atoms with Crippen molar-refractivity contribution in [1.29, 1.82) is 0 Å². The Morgan fingerprint density at radius 1 is 1.39 bits per heavy atom. The number of carbonyl (C=O) groups excluding carboxylic acids is 1. The van der Waals surface area contributed by atoms with E-state index in [0.717, 1.165) is 30.8 Å². The fourth-order valence-corrected chi connectivity index (χ4v) is 4.17. The van der Waals surface area contributed by atoms with E-state index in [0.29, 0.717) is 17.9 Å². The number of carbonyl (C=O) groups is 1. The number of nitrogens with zero attached hydrogens (tertiary/aromatic N) is 1. The quantitative estimate of drug-likeness (QED) is 0.822. The van der Waals surface area contributed by atoms with Gasteiger partial charge in [-0.1, -0.05) is 0 Å². The maximum Gasteiger partial charge on any atom is 0.263 e. The molecule has 0 N–H and O–H groups in total. The second kappa shape index (κ2) is 4.67. The minimum atomic E-state index is 0.219. The van der Waals surface area contributed by atoms with Crippen LogP contribution < -0.4 is 0 Å². The molecule has 0 radical (unpaired) electrons. The van der Waals surface area contributed by atoms with Gasteiger partial charge in [0.2, 0.25) is 0 Å². The van der Waals surface area contributed by atoms with E-state index in [9.17, 15) is 4.79 Å². The smallest absolute Gasteiger partial charge is 0.263 e. The summed E-state index contributed by atoms with van der Waals surface area (Å²) in [5.74, 6) is 1.52. The molecule has 1 unspecified atom stereocenters. The van der Waals surface area contributed by atoms with E-state index in [1.165, 1.54) is 5.56 Å². The van der Waals surface area contributed by atoms with E-state index in [2.05, 4.69) is 0 Å². The summed E-state index contributed by atoms with van der Waals surface area (Å²) in [6.07, 6.45) is 2.66. The zero-order valence-corrected chi connectivity index (χ0v) is 11.7. The Labute approximate surface area is 112 Å². The first kappa shape index (κ1) is 12.2. The van der Waals surface area contributed by atoms with Crippen molar-refractivity contribution in [1.82, 2.24) is 4.90 Å². The summed E-state index contributed by atoms with van der Waals surface area (Å²) in [4.78, 5) is 15.3. The van der Waals surface area contributed by atoms with Crippen LogP contribution >= 0.6 is 11.3 Å². The van der Waals surface area contributed by atoms with Crippen LogP contribution in [-0.4, -0.2) is 37.1 Å². The van der Waals surface area contributed by atoms with E-state index in [1.807, 2.05) is 23.3 Å². The number of methoxy groups -OCH3 is 1. The van der Waals surface area contributed by atoms with Gasteiger partial charge in [-0.05, 0) is 48.6 Å². The topological polar surface area (TPSA) is 29.5 Å². The number of ether oxygens (including phenoxy) is 1. The third-order valence-corrected chi connectivity index (χ3v) is 5.31. The highest BCUT2D eigenvalue weighted by Crippen LogP contribution is 2.39. The average molecular weight is 265 g/mol. The number of hydrogen-bond donors (Lipinski definition) is 0. The first-order valence-electron chi connectivity index (χ1n) is 6.54. The molecule has 1 aromatic rings. The van der Waals surface area contributed by atoms with Crippen LogP contribution in [0.5, 0.6) is 0 Å². The largest absolute Gasteiger partial charge is 0.381 e. The average Bonchev–Trinajstić information content (AvgIpc) is 3.00. The summed E-state index contributed by atoms with van der Waals surface area (Å²) in [5.41, 5.74) is 1.18. The molecule has 3 atom stereocenters. The number of fused-ring (bicyclic) bond motifs is 1. The van der Waals surface area contributed by atoms with Crippen molar-refractivity contribution in [3.8, 4) is 0 Å². The van der Waals surface area contributed by atoms with Gasteiger partial charge in [-0.25, -0.2) is 0 Å². The van der Waals surface area contributed by atoms with Crippen LogP contribution in [0.25, 0.3) is 0 Å². The normalized spacial score (nSPS) is 30.8. The van der Waals surface area contributed by atoms with Crippen LogP contribution in [0, 0.1) is 18.8 Å². The zero-order valence-electron chi connectivity index (χ0n) is 10.9. The van der Waals surface area contributed by atoms with Gasteiger partial charge in [0.1, 0.15) is 0 Å². The van der Waals surface area contributed by atoms with E-state index in [1.54, 1.807) is 18.4 Å². The highest BCUT2D eigenvalue weighted by atomic mass is 32.1.